The van der Waals surface area contributed by atoms with Crippen LogP contribution in [0.25, 0.3) is 0 Å². The van der Waals surface area contributed by atoms with Crippen molar-refractivity contribution in [3.05, 3.63) is 0 Å². The molecule has 94 valence electrons. The first kappa shape index (κ1) is 14.9. The lowest BCUT2D eigenvalue weighted by atomic mass is 10.0. The van der Waals surface area contributed by atoms with Crippen molar-refractivity contribution in [3.63, 3.8) is 0 Å². The molecular weight excluding hydrogens is 210 g/mol. The fourth-order valence-electron chi connectivity index (χ4n) is 0.970. The highest BCUT2D eigenvalue weighted by Crippen LogP contribution is 2.02. The quantitative estimate of drug-likeness (QED) is 0.686. The second kappa shape index (κ2) is 7.22. The molecule has 0 aromatic carbocycles. The third kappa shape index (κ3) is 5.70. The molecule has 0 aliphatic heterocycles. The number of carbonyl (C=O) groups is 2. The van der Waals surface area contributed by atoms with Gasteiger partial charge in [-0.05, 0) is 27.2 Å². The van der Waals surface area contributed by atoms with E-state index >= 15 is 0 Å². The molecule has 0 aliphatic rings. The molecule has 0 rings (SSSR count). The van der Waals surface area contributed by atoms with Crippen molar-refractivity contribution in [1.82, 2.24) is 5.32 Å². The number of carbonyl (C=O) groups excluding carboxylic acids is 1. The molecular formula is C11H21NO4. The van der Waals surface area contributed by atoms with Gasteiger partial charge in [0.15, 0.2) is 0 Å². The van der Waals surface area contributed by atoms with Crippen molar-refractivity contribution in [2.45, 2.75) is 46.3 Å². The van der Waals surface area contributed by atoms with Crippen molar-refractivity contribution in [3.8, 4) is 0 Å². The average Bonchev–Trinajstić information content (AvgIpc) is 2.24. The molecule has 0 fully saturated rings. The fraction of sp³-hybridized carbons (Fsp3) is 0.818. The SMILES string of the molecule is CCC(C)OCC(=O)NC(C)C(C)C(=O)O. The standard InChI is InChI=1S/C11H21NO4/c1-5-7(2)16-6-10(13)12-9(4)8(3)11(14)15/h7-9H,5-6H2,1-4H3,(H,12,13)(H,14,15). The highest BCUT2D eigenvalue weighted by Gasteiger charge is 2.20. The maximum atomic E-state index is 11.4. The van der Waals surface area contributed by atoms with Gasteiger partial charge in [-0.2, -0.15) is 0 Å². The lowest BCUT2D eigenvalue weighted by Gasteiger charge is -2.18. The summed E-state index contributed by atoms with van der Waals surface area (Å²) in [6.07, 6.45) is 0.881. The Labute approximate surface area is 96.2 Å². The van der Waals surface area contributed by atoms with Gasteiger partial charge in [0.1, 0.15) is 6.61 Å². The van der Waals surface area contributed by atoms with Gasteiger partial charge in [-0.3, -0.25) is 9.59 Å². The topological polar surface area (TPSA) is 75.6 Å². The molecule has 5 nitrogen and oxygen atoms in total. The summed E-state index contributed by atoms with van der Waals surface area (Å²) >= 11 is 0. The molecule has 3 atom stereocenters. The van der Waals surface area contributed by atoms with E-state index in [1.54, 1.807) is 13.8 Å². The van der Waals surface area contributed by atoms with Crippen molar-refractivity contribution < 1.29 is 19.4 Å². The predicted molar refractivity (Wildman–Crippen MR) is 60.1 cm³/mol. The van der Waals surface area contributed by atoms with E-state index in [1.165, 1.54) is 0 Å². The van der Waals surface area contributed by atoms with Gasteiger partial charge in [0.2, 0.25) is 5.91 Å². The number of amides is 1. The number of nitrogens with one attached hydrogen (secondary N) is 1. The minimum absolute atomic E-state index is 0.0221. The summed E-state index contributed by atoms with van der Waals surface area (Å²) < 4.78 is 5.23. The predicted octanol–water partition coefficient (Wildman–Crippen LogP) is 1.03. The highest BCUT2D eigenvalue weighted by molar-refractivity contribution is 5.78. The molecule has 16 heavy (non-hydrogen) atoms. The first-order valence-electron chi connectivity index (χ1n) is 5.52. The molecule has 0 heterocycles. The maximum Gasteiger partial charge on any atom is 0.308 e. The monoisotopic (exact) mass is 231 g/mol. The molecule has 1 amide bonds. The van der Waals surface area contributed by atoms with Gasteiger partial charge < -0.3 is 15.2 Å². The van der Waals surface area contributed by atoms with Gasteiger partial charge >= 0.3 is 5.97 Å². The average molecular weight is 231 g/mol. The van der Waals surface area contributed by atoms with Crippen molar-refractivity contribution >= 4 is 11.9 Å². The van der Waals surface area contributed by atoms with Crippen LogP contribution in [0.3, 0.4) is 0 Å². The van der Waals surface area contributed by atoms with Crippen LogP contribution in [-0.2, 0) is 14.3 Å². The lowest BCUT2D eigenvalue weighted by Crippen LogP contribution is -2.42. The van der Waals surface area contributed by atoms with Crippen LogP contribution >= 0.6 is 0 Å². The summed E-state index contributed by atoms with van der Waals surface area (Å²) in [4.78, 5) is 22.0. The van der Waals surface area contributed by atoms with Crippen LogP contribution in [-0.4, -0.2) is 35.7 Å². The lowest BCUT2D eigenvalue weighted by molar-refractivity contribution is -0.142. The Balaban J connectivity index is 3.91. The normalized spacial score (nSPS) is 16.2. The van der Waals surface area contributed by atoms with Gasteiger partial charge in [0, 0.05) is 6.04 Å². The molecule has 0 saturated heterocycles. The maximum absolute atomic E-state index is 11.4. The Morgan fingerprint density at radius 2 is 1.88 bits per heavy atom. The van der Waals surface area contributed by atoms with Crippen LogP contribution < -0.4 is 5.32 Å². The second-order valence-electron chi connectivity index (χ2n) is 4.01. The smallest absolute Gasteiger partial charge is 0.308 e. The van der Waals surface area contributed by atoms with Gasteiger partial charge in [-0.25, -0.2) is 0 Å². The Morgan fingerprint density at radius 3 is 2.31 bits per heavy atom. The summed E-state index contributed by atoms with van der Waals surface area (Å²) in [7, 11) is 0. The molecule has 0 aliphatic carbocycles. The Morgan fingerprint density at radius 1 is 1.31 bits per heavy atom. The molecule has 0 aromatic heterocycles. The summed E-state index contributed by atoms with van der Waals surface area (Å²) in [5.74, 6) is -1.80. The summed E-state index contributed by atoms with van der Waals surface area (Å²) in [6, 6.07) is -0.398. The number of carboxylic acids is 1. The molecule has 0 saturated carbocycles. The van der Waals surface area contributed by atoms with Crippen LogP contribution in [0.2, 0.25) is 0 Å². The van der Waals surface area contributed by atoms with E-state index < -0.39 is 17.9 Å². The van der Waals surface area contributed by atoms with Gasteiger partial charge in [-0.1, -0.05) is 6.92 Å². The zero-order valence-corrected chi connectivity index (χ0v) is 10.3. The van der Waals surface area contributed by atoms with E-state index in [9.17, 15) is 9.59 Å². The number of carboxylic acid groups (broad SMARTS) is 1. The Bertz CT molecular complexity index is 242. The van der Waals surface area contributed by atoms with E-state index in [4.69, 9.17) is 9.84 Å². The van der Waals surface area contributed by atoms with Crippen LogP contribution in [0, 0.1) is 5.92 Å². The molecule has 3 unspecified atom stereocenters. The molecule has 5 heteroatoms. The number of rotatable bonds is 7. The first-order valence-corrected chi connectivity index (χ1v) is 5.52. The molecule has 0 aromatic rings. The van der Waals surface area contributed by atoms with Gasteiger partial charge in [0.25, 0.3) is 0 Å². The summed E-state index contributed by atoms with van der Waals surface area (Å²) in [6.45, 7) is 7.06. The van der Waals surface area contributed by atoms with Crippen LogP contribution in [0.15, 0.2) is 0 Å². The van der Waals surface area contributed by atoms with Crippen molar-refractivity contribution in [1.29, 1.82) is 0 Å². The molecule has 2 N–H and O–H groups in total. The Kier molecular flexibility index (Phi) is 6.72. The Hall–Kier alpha value is -1.10. The van der Waals surface area contributed by atoms with E-state index in [-0.39, 0.29) is 18.6 Å². The second-order valence-corrected chi connectivity index (χ2v) is 4.01. The zero-order valence-electron chi connectivity index (χ0n) is 10.3. The van der Waals surface area contributed by atoms with Crippen molar-refractivity contribution in [2.75, 3.05) is 6.61 Å². The minimum atomic E-state index is -0.921. The fourth-order valence-corrected chi connectivity index (χ4v) is 0.970. The highest BCUT2D eigenvalue weighted by atomic mass is 16.5. The molecule has 0 spiro atoms. The first-order chi connectivity index (χ1) is 7.38. The summed E-state index contributed by atoms with van der Waals surface area (Å²) in [5.41, 5.74) is 0. The third-order valence-electron chi connectivity index (χ3n) is 2.60. The molecule has 0 radical (unpaired) electrons. The number of hydrogen-bond acceptors (Lipinski definition) is 3. The van der Waals surface area contributed by atoms with Crippen LogP contribution in [0.4, 0.5) is 0 Å². The van der Waals surface area contributed by atoms with Crippen LogP contribution in [0.1, 0.15) is 34.1 Å². The van der Waals surface area contributed by atoms with E-state index in [0.29, 0.717) is 0 Å². The summed E-state index contributed by atoms with van der Waals surface area (Å²) in [5, 5.41) is 11.3. The molecule has 0 bridgehead atoms. The van der Waals surface area contributed by atoms with Gasteiger partial charge in [0.05, 0.1) is 12.0 Å². The third-order valence-corrected chi connectivity index (χ3v) is 2.60. The largest absolute Gasteiger partial charge is 0.481 e. The van der Waals surface area contributed by atoms with E-state index in [2.05, 4.69) is 5.32 Å². The van der Waals surface area contributed by atoms with E-state index in [0.717, 1.165) is 6.42 Å². The number of hydrogen-bond donors (Lipinski definition) is 2. The number of ether oxygens (including phenoxy) is 1. The van der Waals surface area contributed by atoms with Crippen molar-refractivity contribution in [2.24, 2.45) is 5.92 Å². The van der Waals surface area contributed by atoms with Gasteiger partial charge in [-0.15, -0.1) is 0 Å². The van der Waals surface area contributed by atoms with E-state index in [1.807, 2.05) is 13.8 Å². The minimum Gasteiger partial charge on any atom is -0.481 e. The number of aliphatic carboxylic acids is 1. The van der Waals surface area contributed by atoms with Crippen LogP contribution in [0.5, 0.6) is 0 Å². The zero-order chi connectivity index (χ0) is 12.7.